The molecule has 0 aliphatic carbocycles. The number of carbonyl (C=O) groups excluding carboxylic acids is 1. The number of benzene rings is 1. The molecule has 0 spiro atoms. The van der Waals surface area contributed by atoms with Crippen LogP contribution in [0.1, 0.15) is 5.56 Å². The van der Waals surface area contributed by atoms with E-state index in [-0.39, 0.29) is 12.5 Å². The van der Waals surface area contributed by atoms with Crippen LogP contribution in [-0.2, 0) is 4.79 Å². The van der Waals surface area contributed by atoms with Crippen molar-refractivity contribution in [2.75, 3.05) is 18.2 Å². The highest BCUT2D eigenvalue weighted by Crippen LogP contribution is 2.29. The molecule has 15 heavy (non-hydrogen) atoms. The zero-order chi connectivity index (χ0) is 10.8. The highest BCUT2D eigenvalue weighted by molar-refractivity contribution is 8.13. The van der Waals surface area contributed by atoms with E-state index in [2.05, 4.69) is 5.32 Å². The number of ether oxygens (including phenoxy) is 1. The largest absolute Gasteiger partial charge is 0.482 e. The van der Waals surface area contributed by atoms with E-state index >= 15 is 0 Å². The predicted octanol–water partition coefficient (Wildman–Crippen LogP) is 1.71. The average Bonchev–Trinajstić information content (AvgIpc) is 2.27. The molecular formula is C10H10N2O2S. The lowest BCUT2D eigenvalue weighted by Gasteiger charge is -2.18. The Balaban J connectivity index is 2.36. The third-order valence-corrected chi connectivity index (χ3v) is 2.72. The first-order chi connectivity index (χ1) is 7.20. The molecule has 4 nitrogen and oxygen atoms in total. The van der Waals surface area contributed by atoms with Crippen molar-refractivity contribution < 1.29 is 9.53 Å². The van der Waals surface area contributed by atoms with Gasteiger partial charge in [-0.3, -0.25) is 10.2 Å². The van der Waals surface area contributed by atoms with Gasteiger partial charge in [-0.2, -0.15) is 0 Å². The second kappa shape index (κ2) is 3.94. The molecule has 1 aromatic carbocycles. The second-order valence-electron chi connectivity index (χ2n) is 3.08. The minimum Gasteiger partial charge on any atom is -0.482 e. The first-order valence-corrected chi connectivity index (χ1v) is 5.63. The van der Waals surface area contributed by atoms with Crippen LogP contribution in [-0.4, -0.2) is 23.8 Å². The van der Waals surface area contributed by atoms with Crippen LogP contribution in [0.3, 0.4) is 0 Å². The van der Waals surface area contributed by atoms with Crippen LogP contribution in [0.25, 0.3) is 0 Å². The third-order valence-electron chi connectivity index (χ3n) is 2.08. The first kappa shape index (κ1) is 10.0. The van der Waals surface area contributed by atoms with Gasteiger partial charge in [0, 0.05) is 5.56 Å². The van der Waals surface area contributed by atoms with E-state index in [9.17, 15) is 4.79 Å². The predicted molar refractivity (Wildman–Crippen MR) is 60.9 cm³/mol. The monoisotopic (exact) mass is 222 g/mol. The molecule has 2 rings (SSSR count). The molecule has 1 heterocycles. The standard InChI is InChI=1S/C10H10N2O2S/c1-15-10(11)6-2-3-8-7(4-6)12-9(13)5-14-8/h2-4,11H,5H2,1H3,(H,12,13). The lowest BCUT2D eigenvalue weighted by molar-refractivity contribution is -0.118. The topological polar surface area (TPSA) is 62.2 Å². The van der Waals surface area contributed by atoms with Crippen LogP contribution in [0.15, 0.2) is 18.2 Å². The van der Waals surface area contributed by atoms with Gasteiger partial charge in [0.2, 0.25) is 0 Å². The zero-order valence-electron chi connectivity index (χ0n) is 8.16. The number of anilines is 1. The fourth-order valence-electron chi connectivity index (χ4n) is 1.34. The summed E-state index contributed by atoms with van der Waals surface area (Å²) >= 11 is 1.36. The van der Waals surface area contributed by atoms with E-state index in [1.807, 2.05) is 12.3 Å². The normalized spacial score (nSPS) is 13.8. The van der Waals surface area contributed by atoms with Crippen molar-refractivity contribution in [2.24, 2.45) is 0 Å². The number of rotatable bonds is 1. The van der Waals surface area contributed by atoms with E-state index in [0.29, 0.717) is 16.5 Å². The maximum Gasteiger partial charge on any atom is 0.262 e. The van der Waals surface area contributed by atoms with Crippen molar-refractivity contribution in [3.63, 3.8) is 0 Å². The van der Waals surface area contributed by atoms with Gasteiger partial charge in [0.05, 0.1) is 10.7 Å². The summed E-state index contributed by atoms with van der Waals surface area (Å²) in [4.78, 5) is 11.1. The maximum absolute atomic E-state index is 11.1. The van der Waals surface area contributed by atoms with Crippen LogP contribution >= 0.6 is 11.8 Å². The van der Waals surface area contributed by atoms with Crippen molar-refractivity contribution in [1.29, 1.82) is 5.41 Å². The number of hydrogen-bond acceptors (Lipinski definition) is 4. The molecule has 1 aliphatic rings. The van der Waals surface area contributed by atoms with Gasteiger partial charge in [-0.1, -0.05) is 0 Å². The molecule has 2 N–H and O–H groups in total. The second-order valence-corrected chi connectivity index (χ2v) is 3.90. The number of fused-ring (bicyclic) bond motifs is 1. The van der Waals surface area contributed by atoms with E-state index in [4.69, 9.17) is 10.1 Å². The first-order valence-electron chi connectivity index (χ1n) is 4.40. The molecule has 0 radical (unpaired) electrons. The van der Waals surface area contributed by atoms with Gasteiger partial charge in [0.15, 0.2) is 6.61 Å². The van der Waals surface area contributed by atoms with Gasteiger partial charge in [0.1, 0.15) is 5.75 Å². The summed E-state index contributed by atoms with van der Waals surface area (Å²) in [5.41, 5.74) is 1.43. The smallest absolute Gasteiger partial charge is 0.262 e. The third kappa shape index (κ3) is 1.97. The van der Waals surface area contributed by atoms with Crippen LogP contribution < -0.4 is 10.1 Å². The van der Waals surface area contributed by atoms with Gasteiger partial charge >= 0.3 is 0 Å². The fraction of sp³-hybridized carbons (Fsp3) is 0.200. The molecule has 0 fully saturated rings. The van der Waals surface area contributed by atoms with Gasteiger partial charge in [0.25, 0.3) is 5.91 Å². The van der Waals surface area contributed by atoms with E-state index < -0.39 is 0 Å². The lowest BCUT2D eigenvalue weighted by Crippen LogP contribution is -2.25. The molecule has 0 saturated carbocycles. The molecular weight excluding hydrogens is 212 g/mol. The molecule has 1 aromatic rings. The average molecular weight is 222 g/mol. The summed E-state index contributed by atoms with van der Waals surface area (Å²) < 4.78 is 5.21. The molecule has 0 bridgehead atoms. The van der Waals surface area contributed by atoms with E-state index in [1.165, 1.54) is 11.8 Å². The highest BCUT2D eigenvalue weighted by Gasteiger charge is 2.16. The van der Waals surface area contributed by atoms with Crippen molar-refractivity contribution in [1.82, 2.24) is 0 Å². The number of hydrogen-bond donors (Lipinski definition) is 2. The molecule has 1 amide bonds. The Morgan fingerprint density at radius 3 is 3.13 bits per heavy atom. The van der Waals surface area contributed by atoms with Gasteiger partial charge in [-0.05, 0) is 24.5 Å². The van der Waals surface area contributed by atoms with Crippen molar-refractivity contribution >= 4 is 28.4 Å². The molecule has 78 valence electrons. The highest BCUT2D eigenvalue weighted by atomic mass is 32.2. The van der Waals surface area contributed by atoms with Gasteiger partial charge < -0.3 is 10.1 Å². The van der Waals surface area contributed by atoms with Crippen molar-refractivity contribution in [3.8, 4) is 5.75 Å². The van der Waals surface area contributed by atoms with Crippen LogP contribution in [0.2, 0.25) is 0 Å². The van der Waals surface area contributed by atoms with E-state index in [1.54, 1.807) is 12.1 Å². The lowest BCUT2D eigenvalue weighted by atomic mass is 10.2. The summed E-state index contributed by atoms with van der Waals surface area (Å²) in [5.74, 6) is 0.502. The SMILES string of the molecule is CSC(=N)c1ccc2c(c1)NC(=O)CO2. The Bertz CT molecular complexity index is 431. The fourth-order valence-corrected chi connectivity index (χ4v) is 1.70. The van der Waals surface area contributed by atoms with E-state index in [0.717, 1.165) is 5.56 Å². The zero-order valence-corrected chi connectivity index (χ0v) is 8.98. The molecule has 0 aromatic heterocycles. The number of carbonyl (C=O) groups is 1. The summed E-state index contributed by atoms with van der Waals surface area (Å²) in [7, 11) is 0. The summed E-state index contributed by atoms with van der Waals surface area (Å²) in [5, 5.41) is 10.8. The number of thioether (sulfide) groups is 1. The Kier molecular flexibility index (Phi) is 2.64. The van der Waals surface area contributed by atoms with Gasteiger partial charge in [-0.25, -0.2) is 0 Å². The molecule has 5 heteroatoms. The van der Waals surface area contributed by atoms with Crippen LogP contribution in [0, 0.1) is 5.41 Å². The maximum atomic E-state index is 11.1. The van der Waals surface area contributed by atoms with Crippen molar-refractivity contribution in [2.45, 2.75) is 0 Å². The minimum absolute atomic E-state index is 0.0618. The van der Waals surface area contributed by atoms with Crippen LogP contribution in [0.4, 0.5) is 5.69 Å². The summed E-state index contributed by atoms with van der Waals surface area (Å²) in [6, 6.07) is 5.34. The summed E-state index contributed by atoms with van der Waals surface area (Å²) in [6.07, 6.45) is 1.84. The quantitative estimate of drug-likeness (QED) is 0.561. The summed E-state index contributed by atoms with van der Waals surface area (Å²) in [6.45, 7) is 0.0618. The molecule has 0 atom stereocenters. The molecule has 0 unspecified atom stereocenters. The van der Waals surface area contributed by atoms with Crippen molar-refractivity contribution in [3.05, 3.63) is 23.8 Å². The Labute approximate surface area is 91.5 Å². The minimum atomic E-state index is -0.157. The Morgan fingerprint density at radius 2 is 2.40 bits per heavy atom. The van der Waals surface area contributed by atoms with Crippen LogP contribution in [0.5, 0.6) is 5.75 Å². The van der Waals surface area contributed by atoms with Gasteiger partial charge in [-0.15, -0.1) is 11.8 Å². The number of amides is 1. The Hall–Kier alpha value is -1.49. The molecule has 1 aliphatic heterocycles. The molecule has 0 saturated heterocycles. The Morgan fingerprint density at radius 1 is 1.60 bits per heavy atom. The number of nitrogens with one attached hydrogen (secondary N) is 2.